The molecule has 4 aromatic rings. The lowest BCUT2D eigenvalue weighted by Crippen LogP contribution is -2.29. The molecular weight excluding hydrogens is 462 g/mol. The lowest BCUT2D eigenvalue weighted by Gasteiger charge is -2.26. The first-order valence-electron chi connectivity index (χ1n) is 12.1. The van der Waals surface area contributed by atoms with Gasteiger partial charge in [-0.2, -0.15) is 0 Å². The van der Waals surface area contributed by atoms with Crippen LogP contribution in [0.4, 0.5) is 5.69 Å². The van der Waals surface area contributed by atoms with Crippen molar-refractivity contribution in [1.82, 2.24) is 0 Å². The second kappa shape index (κ2) is 9.78. The van der Waals surface area contributed by atoms with Crippen LogP contribution in [0.25, 0.3) is 0 Å². The first kappa shape index (κ1) is 24.1. The minimum atomic E-state index is -0.342. The van der Waals surface area contributed by atoms with Gasteiger partial charge in [0.2, 0.25) is 0 Å². The summed E-state index contributed by atoms with van der Waals surface area (Å²) in [5, 5.41) is 0. The molecule has 0 unspecified atom stereocenters. The standard InChI is InChI=1S/C32H27NO4/c1-22-4-12-26(13-5-22)36-27-14-6-23(7-15-27)32(2,3)24-8-16-28(17-9-24)37-29-18-10-25(11-19-29)33-30(34)20-21-31(33)35/h4-21H,1-3H3. The molecule has 0 bridgehead atoms. The van der Waals surface area contributed by atoms with Crippen molar-refractivity contribution in [3.8, 4) is 23.0 Å². The van der Waals surface area contributed by atoms with Crippen molar-refractivity contribution in [3.63, 3.8) is 0 Å². The molecule has 4 aromatic carbocycles. The maximum absolute atomic E-state index is 11.9. The summed E-state index contributed by atoms with van der Waals surface area (Å²) in [7, 11) is 0. The number of benzene rings is 4. The van der Waals surface area contributed by atoms with Crippen molar-refractivity contribution in [3.05, 3.63) is 126 Å². The third-order valence-corrected chi connectivity index (χ3v) is 6.55. The number of anilines is 1. The van der Waals surface area contributed by atoms with Crippen LogP contribution in [0, 0.1) is 6.92 Å². The van der Waals surface area contributed by atoms with Gasteiger partial charge < -0.3 is 9.47 Å². The predicted octanol–water partition coefficient (Wildman–Crippen LogP) is 7.33. The van der Waals surface area contributed by atoms with E-state index < -0.39 is 0 Å². The molecule has 2 amide bonds. The molecule has 0 aliphatic carbocycles. The lowest BCUT2D eigenvalue weighted by molar-refractivity contribution is -0.119. The number of rotatable bonds is 7. The highest BCUT2D eigenvalue weighted by molar-refractivity contribution is 6.28. The van der Waals surface area contributed by atoms with Crippen molar-refractivity contribution in [2.24, 2.45) is 0 Å². The van der Waals surface area contributed by atoms with Gasteiger partial charge in [0.05, 0.1) is 5.69 Å². The van der Waals surface area contributed by atoms with E-state index >= 15 is 0 Å². The van der Waals surface area contributed by atoms with E-state index in [1.54, 1.807) is 24.3 Å². The number of imide groups is 1. The normalized spacial score (nSPS) is 13.2. The maximum Gasteiger partial charge on any atom is 0.258 e. The second-order valence-corrected chi connectivity index (χ2v) is 9.53. The summed E-state index contributed by atoms with van der Waals surface area (Å²) in [5.74, 6) is 2.25. The Morgan fingerprint density at radius 2 is 0.892 bits per heavy atom. The molecule has 0 N–H and O–H groups in total. The molecule has 0 saturated carbocycles. The summed E-state index contributed by atoms with van der Waals surface area (Å²) in [6, 6.07) is 31.1. The zero-order chi connectivity index (χ0) is 26.0. The quantitative estimate of drug-likeness (QED) is 0.255. The van der Waals surface area contributed by atoms with Crippen molar-refractivity contribution in [2.45, 2.75) is 26.2 Å². The van der Waals surface area contributed by atoms with Crippen LogP contribution in [0.3, 0.4) is 0 Å². The van der Waals surface area contributed by atoms with Gasteiger partial charge in [0.25, 0.3) is 11.8 Å². The Morgan fingerprint density at radius 1 is 0.541 bits per heavy atom. The van der Waals surface area contributed by atoms with Gasteiger partial charge in [0.1, 0.15) is 23.0 Å². The fourth-order valence-electron chi connectivity index (χ4n) is 4.24. The van der Waals surface area contributed by atoms with Crippen molar-refractivity contribution in [1.29, 1.82) is 0 Å². The maximum atomic E-state index is 11.9. The van der Waals surface area contributed by atoms with E-state index in [-0.39, 0.29) is 17.2 Å². The van der Waals surface area contributed by atoms with Gasteiger partial charge in [-0.1, -0.05) is 55.8 Å². The molecule has 0 radical (unpaired) electrons. The van der Waals surface area contributed by atoms with Crippen molar-refractivity contribution < 1.29 is 19.1 Å². The zero-order valence-corrected chi connectivity index (χ0v) is 21.0. The molecule has 37 heavy (non-hydrogen) atoms. The second-order valence-electron chi connectivity index (χ2n) is 9.53. The molecule has 5 heteroatoms. The van der Waals surface area contributed by atoms with Gasteiger partial charge in [0, 0.05) is 17.6 Å². The fraction of sp³-hybridized carbons (Fsp3) is 0.125. The number of ether oxygens (including phenoxy) is 2. The van der Waals surface area contributed by atoms with Crippen LogP contribution in [0.1, 0.15) is 30.5 Å². The SMILES string of the molecule is Cc1ccc(Oc2ccc(C(C)(C)c3ccc(Oc4ccc(N5C(=O)C=CC5=O)cc4)cc3)cc2)cc1. The van der Waals surface area contributed by atoms with Crippen LogP contribution in [0.15, 0.2) is 109 Å². The molecule has 1 aliphatic heterocycles. The van der Waals surface area contributed by atoms with E-state index in [1.807, 2.05) is 48.5 Å². The minimum Gasteiger partial charge on any atom is -0.457 e. The van der Waals surface area contributed by atoms with Crippen LogP contribution in [0.2, 0.25) is 0 Å². The summed E-state index contributed by atoms with van der Waals surface area (Å²) < 4.78 is 12.0. The molecule has 0 fully saturated rings. The minimum absolute atomic E-state index is 0.217. The van der Waals surface area contributed by atoms with Crippen LogP contribution >= 0.6 is 0 Å². The number of aryl methyl sites for hydroxylation is 1. The number of amides is 2. The first-order valence-corrected chi connectivity index (χ1v) is 12.1. The third kappa shape index (κ3) is 5.16. The smallest absolute Gasteiger partial charge is 0.258 e. The molecule has 5 nitrogen and oxygen atoms in total. The van der Waals surface area contributed by atoms with E-state index in [0.29, 0.717) is 17.2 Å². The van der Waals surface area contributed by atoms with Gasteiger partial charge in [-0.3, -0.25) is 9.59 Å². The topological polar surface area (TPSA) is 55.8 Å². The molecule has 5 rings (SSSR count). The Morgan fingerprint density at radius 3 is 1.30 bits per heavy atom. The highest BCUT2D eigenvalue weighted by Gasteiger charge is 2.25. The molecule has 0 spiro atoms. The van der Waals surface area contributed by atoms with E-state index in [9.17, 15) is 9.59 Å². The molecule has 1 aliphatic rings. The number of carbonyl (C=O) groups is 2. The third-order valence-electron chi connectivity index (χ3n) is 6.55. The molecule has 184 valence electrons. The Hall–Kier alpha value is -4.64. The average Bonchev–Trinajstić information content (AvgIpc) is 3.24. The number of carbonyl (C=O) groups excluding carboxylic acids is 2. The largest absolute Gasteiger partial charge is 0.457 e. The zero-order valence-electron chi connectivity index (χ0n) is 21.0. The highest BCUT2D eigenvalue weighted by atomic mass is 16.5. The van der Waals surface area contributed by atoms with Gasteiger partial charge in [-0.05, 0) is 78.7 Å². The van der Waals surface area contributed by atoms with E-state index in [0.717, 1.165) is 22.0 Å². The van der Waals surface area contributed by atoms with Crippen LogP contribution in [-0.2, 0) is 15.0 Å². The highest BCUT2D eigenvalue weighted by Crippen LogP contribution is 2.35. The van der Waals surface area contributed by atoms with Crippen LogP contribution < -0.4 is 14.4 Å². The summed E-state index contributed by atoms with van der Waals surface area (Å²) in [4.78, 5) is 24.8. The molecular formula is C32H27NO4. The number of hydrogen-bond acceptors (Lipinski definition) is 4. The molecule has 0 atom stereocenters. The Kier molecular flexibility index (Phi) is 6.36. The van der Waals surface area contributed by atoms with Crippen molar-refractivity contribution >= 4 is 17.5 Å². The predicted molar refractivity (Wildman–Crippen MR) is 144 cm³/mol. The number of hydrogen-bond donors (Lipinski definition) is 0. The molecule has 0 aromatic heterocycles. The Bertz CT molecular complexity index is 1430. The lowest BCUT2D eigenvalue weighted by atomic mass is 9.78. The molecule has 1 heterocycles. The Labute approximate surface area is 216 Å². The summed E-state index contributed by atoms with van der Waals surface area (Å²) in [6.45, 7) is 6.43. The monoisotopic (exact) mass is 489 g/mol. The van der Waals surface area contributed by atoms with Gasteiger partial charge in [-0.25, -0.2) is 4.90 Å². The average molecular weight is 490 g/mol. The van der Waals surface area contributed by atoms with Crippen LogP contribution in [-0.4, -0.2) is 11.8 Å². The fourth-order valence-corrected chi connectivity index (χ4v) is 4.24. The van der Waals surface area contributed by atoms with E-state index in [2.05, 4.69) is 45.0 Å². The summed E-state index contributed by atoms with van der Waals surface area (Å²) in [5.41, 5.74) is 3.82. The van der Waals surface area contributed by atoms with E-state index in [1.165, 1.54) is 23.3 Å². The van der Waals surface area contributed by atoms with Crippen molar-refractivity contribution in [2.75, 3.05) is 4.90 Å². The van der Waals surface area contributed by atoms with E-state index in [4.69, 9.17) is 9.47 Å². The molecule has 0 saturated heterocycles. The number of nitrogens with zero attached hydrogens (tertiary/aromatic N) is 1. The first-order chi connectivity index (χ1) is 17.8. The van der Waals surface area contributed by atoms with Gasteiger partial charge in [-0.15, -0.1) is 0 Å². The summed E-state index contributed by atoms with van der Waals surface area (Å²) in [6.07, 6.45) is 2.53. The summed E-state index contributed by atoms with van der Waals surface area (Å²) >= 11 is 0. The Balaban J connectivity index is 1.25. The van der Waals surface area contributed by atoms with Gasteiger partial charge >= 0.3 is 0 Å². The van der Waals surface area contributed by atoms with Crippen LogP contribution in [0.5, 0.6) is 23.0 Å². The van der Waals surface area contributed by atoms with Gasteiger partial charge in [0.15, 0.2) is 0 Å².